The van der Waals surface area contributed by atoms with Crippen molar-refractivity contribution in [3.8, 4) is 5.69 Å². The van der Waals surface area contributed by atoms with Gasteiger partial charge in [0.25, 0.3) is 11.5 Å². The standard InChI is InChI=1S/C23H22N4O.C7H7N5O/c1-4-21-25-20-12-8-9-17(13-14-19-15-24-16(2)26(19)3)22(20)23(28)27(21)18-10-6-5-7-11-18;8-5-4(6(9)13)7-10-2-1-3-12(7)11-5/h5-15H,4H2,1-3H3;1-3H,(H2,8,11)(H2,9,13)/b14-13+;. The molecule has 0 unspecified atom stereocenters. The average molecular weight is 548 g/mol. The number of amides is 1. The molecule has 0 aliphatic heterocycles. The zero-order chi connectivity index (χ0) is 29.1. The third kappa shape index (κ3) is 5.20. The lowest BCUT2D eigenvalue weighted by Gasteiger charge is -2.13. The monoisotopic (exact) mass is 547 g/mol. The van der Waals surface area contributed by atoms with Crippen LogP contribution in [0, 0.1) is 6.92 Å². The molecule has 1 amide bonds. The van der Waals surface area contributed by atoms with Gasteiger partial charge in [0, 0.05) is 25.9 Å². The Morgan fingerprint density at radius 2 is 1.80 bits per heavy atom. The molecule has 206 valence electrons. The van der Waals surface area contributed by atoms with E-state index in [0.29, 0.717) is 17.5 Å². The molecule has 0 aliphatic rings. The Bertz CT molecular complexity index is 1970. The van der Waals surface area contributed by atoms with Gasteiger partial charge in [-0.05, 0) is 42.8 Å². The van der Waals surface area contributed by atoms with Crippen LogP contribution >= 0.6 is 0 Å². The highest BCUT2D eigenvalue weighted by Crippen LogP contribution is 2.19. The summed E-state index contributed by atoms with van der Waals surface area (Å²) in [5.74, 6) is 1.18. The Labute approximate surface area is 235 Å². The maximum Gasteiger partial charge on any atom is 0.266 e. The number of fused-ring (bicyclic) bond motifs is 2. The minimum absolute atomic E-state index is 0.0468. The van der Waals surface area contributed by atoms with Crippen LogP contribution in [0.3, 0.4) is 0 Å². The van der Waals surface area contributed by atoms with Crippen LogP contribution in [0.2, 0.25) is 0 Å². The van der Waals surface area contributed by atoms with E-state index in [1.807, 2.05) is 92.3 Å². The molecule has 41 heavy (non-hydrogen) atoms. The zero-order valence-corrected chi connectivity index (χ0v) is 22.9. The molecule has 0 radical (unpaired) electrons. The van der Waals surface area contributed by atoms with E-state index in [9.17, 15) is 9.59 Å². The summed E-state index contributed by atoms with van der Waals surface area (Å²) in [6, 6.07) is 17.2. The third-order valence-electron chi connectivity index (χ3n) is 6.69. The van der Waals surface area contributed by atoms with E-state index in [0.717, 1.165) is 34.1 Å². The molecule has 0 aliphatic carbocycles. The normalized spacial score (nSPS) is 11.2. The van der Waals surface area contributed by atoms with Crippen LogP contribution in [0.15, 0.2) is 78.0 Å². The lowest BCUT2D eigenvalue weighted by molar-refractivity contribution is 0.100. The van der Waals surface area contributed by atoms with Crippen molar-refractivity contribution >= 4 is 40.4 Å². The number of hydrogen-bond donors (Lipinski definition) is 2. The number of rotatable bonds is 5. The maximum atomic E-state index is 13.5. The summed E-state index contributed by atoms with van der Waals surface area (Å²) in [6.45, 7) is 3.98. The quantitative estimate of drug-likeness (QED) is 0.335. The number of para-hydroxylation sites is 1. The van der Waals surface area contributed by atoms with Crippen LogP contribution in [0.4, 0.5) is 5.82 Å². The fourth-order valence-electron chi connectivity index (χ4n) is 4.51. The lowest BCUT2D eigenvalue weighted by Crippen LogP contribution is -2.24. The molecule has 0 saturated heterocycles. The number of nitrogens with zero attached hydrogens (tertiary/aromatic N) is 7. The minimum atomic E-state index is -0.619. The predicted molar refractivity (Wildman–Crippen MR) is 160 cm³/mol. The summed E-state index contributed by atoms with van der Waals surface area (Å²) in [4.78, 5) is 37.5. The van der Waals surface area contributed by atoms with E-state index in [4.69, 9.17) is 16.5 Å². The first-order valence-corrected chi connectivity index (χ1v) is 12.9. The Balaban J connectivity index is 0.000000216. The second kappa shape index (κ2) is 11.3. The van der Waals surface area contributed by atoms with Crippen molar-refractivity contribution in [3.05, 3.63) is 112 Å². The van der Waals surface area contributed by atoms with E-state index in [1.165, 1.54) is 4.52 Å². The second-order valence-electron chi connectivity index (χ2n) is 9.23. The molecule has 0 bridgehead atoms. The molecular formula is C30H29N9O2. The van der Waals surface area contributed by atoms with Crippen molar-refractivity contribution in [2.75, 3.05) is 5.73 Å². The Morgan fingerprint density at radius 1 is 1.02 bits per heavy atom. The average Bonchev–Trinajstić information content (AvgIpc) is 3.49. The number of anilines is 1. The molecule has 0 saturated carbocycles. The Morgan fingerprint density at radius 3 is 2.49 bits per heavy atom. The molecule has 6 rings (SSSR count). The fraction of sp³-hybridized carbons (Fsp3) is 0.133. The highest BCUT2D eigenvalue weighted by Gasteiger charge is 2.16. The van der Waals surface area contributed by atoms with E-state index in [-0.39, 0.29) is 16.9 Å². The van der Waals surface area contributed by atoms with Crippen molar-refractivity contribution < 1.29 is 4.79 Å². The van der Waals surface area contributed by atoms with E-state index in [2.05, 4.69) is 15.1 Å². The number of carbonyl (C=O) groups excluding carboxylic acids is 1. The van der Waals surface area contributed by atoms with Crippen LogP contribution in [-0.2, 0) is 13.5 Å². The summed E-state index contributed by atoms with van der Waals surface area (Å²) < 4.78 is 5.14. The molecule has 2 aromatic carbocycles. The number of primary amides is 1. The smallest absolute Gasteiger partial charge is 0.266 e. The third-order valence-corrected chi connectivity index (χ3v) is 6.69. The van der Waals surface area contributed by atoms with E-state index >= 15 is 0 Å². The number of aryl methyl sites for hydroxylation is 2. The molecule has 0 fully saturated rings. The summed E-state index contributed by atoms with van der Waals surface area (Å²) in [7, 11) is 1.97. The molecule has 0 spiro atoms. The van der Waals surface area contributed by atoms with Crippen LogP contribution in [0.5, 0.6) is 0 Å². The van der Waals surface area contributed by atoms with Crippen LogP contribution in [0.25, 0.3) is 34.4 Å². The van der Waals surface area contributed by atoms with Gasteiger partial charge in [-0.15, -0.1) is 5.10 Å². The van der Waals surface area contributed by atoms with Crippen LogP contribution in [-0.4, -0.2) is 39.6 Å². The van der Waals surface area contributed by atoms with Crippen LogP contribution < -0.4 is 17.0 Å². The van der Waals surface area contributed by atoms with Gasteiger partial charge < -0.3 is 16.0 Å². The van der Waals surface area contributed by atoms with Gasteiger partial charge in [0.2, 0.25) is 0 Å². The van der Waals surface area contributed by atoms with Gasteiger partial charge in [0.15, 0.2) is 11.5 Å². The van der Waals surface area contributed by atoms with Crippen molar-refractivity contribution in [1.29, 1.82) is 0 Å². The number of benzene rings is 2. The molecule has 4 heterocycles. The Kier molecular flexibility index (Phi) is 7.42. The van der Waals surface area contributed by atoms with Gasteiger partial charge in [-0.1, -0.05) is 43.3 Å². The largest absolute Gasteiger partial charge is 0.381 e. The number of nitrogen functional groups attached to an aromatic ring is 1. The molecule has 11 heteroatoms. The minimum Gasteiger partial charge on any atom is -0.381 e. The first-order valence-electron chi connectivity index (χ1n) is 12.9. The number of aromatic nitrogens is 7. The molecular weight excluding hydrogens is 518 g/mol. The van der Waals surface area contributed by atoms with E-state index < -0.39 is 5.91 Å². The molecule has 6 aromatic rings. The number of nitrogens with two attached hydrogens (primary N) is 2. The highest BCUT2D eigenvalue weighted by atomic mass is 16.1. The lowest BCUT2D eigenvalue weighted by atomic mass is 10.1. The summed E-state index contributed by atoms with van der Waals surface area (Å²) in [5, 5.41) is 4.49. The first kappa shape index (κ1) is 27.0. The van der Waals surface area contributed by atoms with Gasteiger partial charge in [-0.25, -0.2) is 19.5 Å². The Hall–Kier alpha value is -5.58. The highest BCUT2D eigenvalue weighted by molar-refractivity contribution is 6.03. The second-order valence-corrected chi connectivity index (χ2v) is 9.23. The molecule has 11 nitrogen and oxygen atoms in total. The van der Waals surface area contributed by atoms with Crippen molar-refractivity contribution in [2.45, 2.75) is 20.3 Å². The number of hydrogen-bond acceptors (Lipinski definition) is 7. The topological polar surface area (TPSA) is 152 Å². The number of imidazole rings is 1. The summed E-state index contributed by atoms with van der Waals surface area (Å²) >= 11 is 0. The van der Waals surface area contributed by atoms with Gasteiger partial charge in [0.1, 0.15) is 17.2 Å². The zero-order valence-electron chi connectivity index (χ0n) is 22.9. The predicted octanol–water partition coefficient (Wildman–Crippen LogP) is 3.57. The van der Waals surface area contributed by atoms with Gasteiger partial charge in [-0.2, -0.15) is 0 Å². The fourth-order valence-corrected chi connectivity index (χ4v) is 4.51. The SMILES string of the molecule is CCc1nc2cccc(/C=C/c3cnc(C)n3C)c2c(=O)n1-c1ccccc1.NC(=O)c1c(N)nn2cccnc12. The van der Waals surface area contributed by atoms with Gasteiger partial charge >= 0.3 is 0 Å². The van der Waals surface area contributed by atoms with Crippen molar-refractivity contribution in [2.24, 2.45) is 12.8 Å². The summed E-state index contributed by atoms with van der Waals surface area (Å²) in [6.07, 6.45) is 9.63. The van der Waals surface area contributed by atoms with Crippen LogP contribution in [0.1, 0.15) is 40.2 Å². The maximum absolute atomic E-state index is 13.5. The molecule has 4 N–H and O–H groups in total. The summed E-state index contributed by atoms with van der Waals surface area (Å²) in [5.41, 5.74) is 14.5. The van der Waals surface area contributed by atoms with Crippen molar-refractivity contribution in [3.63, 3.8) is 0 Å². The van der Waals surface area contributed by atoms with Gasteiger partial charge in [-0.3, -0.25) is 14.2 Å². The number of carbonyl (C=O) groups is 1. The van der Waals surface area contributed by atoms with E-state index in [1.54, 1.807) is 23.0 Å². The molecule has 4 aromatic heterocycles. The molecule has 0 atom stereocenters. The van der Waals surface area contributed by atoms with Gasteiger partial charge in [0.05, 0.1) is 28.5 Å². The van der Waals surface area contributed by atoms with Crippen molar-refractivity contribution in [1.82, 2.24) is 33.7 Å². The first-order chi connectivity index (χ1) is 19.8.